The third-order valence-corrected chi connectivity index (χ3v) is 7.07. The fourth-order valence-corrected chi connectivity index (χ4v) is 4.89. The molecule has 214 valence electrons. The van der Waals surface area contributed by atoms with Crippen LogP contribution in [0.5, 0.6) is 5.75 Å². The van der Waals surface area contributed by atoms with Crippen LogP contribution in [-0.2, 0) is 9.53 Å². The molecule has 2 fully saturated rings. The third-order valence-electron chi connectivity index (χ3n) is 7.07. The van der Waals surface area contributed by atoms with Gasteiger partial charge in [-0.15, -0.1) is 0 Å². The minimum absolute atomic E-state index is 0.176. The number of hydrogen-bond acceptors (Lipinski definition) is 10. The number of aliphatic hydroxyl groups is 1. The molecule has 0 spiro atoms. The number of carbonyl (C=O) groups excluding carboxylic acids is 1. The van der Waals surface area contributed by atoms with Gasteiger partial charge in [-0.2, -0.15) is 10.2 Å². The number of benzene rings is 2. The van der Waals surface area contributed by atoms with Gasteiger partial charge >= 0.3 is 0 Å². The van der Waals surface area contributed by atoms with E-state index in [1.807, 2.05) is 24.3 Å². The predicted molar refractivity (Wildman–Crippen MR) is 150 cm³/mol. The van der Waals surface area contributed by atoms with E-state index in [1.54, 1.807) is 18.2 Å². The molecular weight excluding hydrogens is 529 g/mol. The average molecular weight is 562 g/mol. The highest BCUT2D eigenvalue weighted by atomic mass is 19.1. The van der Waals surface area contributed by atoms with Crippen LogP contribution >= 0.6 is 0 Å². The Hall–Kier alpha value is -4.34. The van der Waals surface area contributed by atoms with Crippen LogP contribution in [-0.4, -0.2) is 88.6 Å². The maximum absolute atomic E-state index is 14.8. The number of alkyl halides is 1. The van der Waals surface area contributed by atoms with Crippen LogP contribution in [0.3, 0.4) is 0 Å². The number of aliphatic hydroxyl groups excluding tert-OH is 1. The Labute approximate surface area is 237 Å². The predicted octanol–water partition coefficient (Wildman–Crippen LogP) is 3.08. The van der Waals surface area contributed by atoms with Crippen molar-refractivity contribution >= 4 is 23.2 Å². The number of nitrogens with zero attached hydrogens (tertiary/aromatic N) is 6. The van der Waals surface area contributed by atoms with Crippen molar-refractivity contribution in [3.63, 3.8) is 0 Å². The summed E-state index contributed by atoms with van der Waals surface area (Å²) in [5, 5.41) is 22.5. The molecule has 1 aromatic heterocycles. The molecule has 3 aromatic rings. The summed E-state index contributed by atoms with van der Waals surface area (Å²) in [4.78, 5) is 28.6. The van der Waals surface area contributed by atoms with Crippen LogP contribution in [0.1, 0.15) is 25.3 Å². The van der Waals surface area contributed by atoms with Gasteiger partial charge in [-0.05, 0) is 55.8 Å². The second-order valence-electron chi connectivity index (χ2n) is 10.0. The summed E-state index contributed by atoms with van der Waals surface area (Å²) in [6, 6.07) is 15.0. The maximum atomic E-state index is 14.8. The summed E-state index contributed by atoms with van der Waals surface area (Å²) in [5.74, 6) is 0.436. The summed E-state index contributed by atoms with van der Waals surface area (Å²) >= 11 is 0. The molecule has 11 nitrogen and oxygen atoms in total. The molecule has 0 saturated carbocycles. The number of nitriles is 1. The lowest BCUT2D eigenvalue weighted by Gasteiger charge is -2.35. The Morgan fingerprint density at radius 2 is 2.02 bits per heavy atom. The van der Waals surface area contributed by atoms with Crippen LogP contribution < -0.4 is 15.0 Å². The largest absolute Gasteiger partial charge is 0.486 e. The second-order valence-corrected chi connectivity index (χ2v) is 10.0. The molecule has 0 unspecified atom stereocenters. The van der Waals surface area contributed by atoms with Gasteiger partial charge in [0.05, 0.1) is 18.7 Å². The van der Waals surface area contributed by atoms with Crippen LogP contribution in [0, 0.1) is 11.3 Å². The molecule has 2 aromatic carbocycles. The number of likely N-dealkylation sites (tertiary alicyclic amines) is 1. The first-order chi connectivity index (χ1) is 19.9. The molecule has 0 radical (unpaired) electrons. The van der Waals surface area contributed by atoms with Gasteiger partial charge < -0.3 is 29.7 Å². The summed E-state index contributed by atoms with van der Waals surface area (Å²) in [6.45, 7) is 4.76. The lowest BCUT2D eigenvalue weighted by atomic mass is 10.0. The van der Waals surface area contributed by atoms with Crippen molar-refractivity contribution in [3.05, 3.63) is 54.4 Å². The van der Waals surface area contributed by atoms with E-state index in [0.717, 1.165) is 44.1 Å². The molecule has 5 rings (SSSR count). The van der Waals surface area contributed by atoms with Crippen molar-refractivity contribution < 1.29 is 23.8 Å². The molecule has 0 bridgehead atoms. The number of aromatic nitrogens is 3. The zero-order chi connectivity index (χ0) is 28.8. The van der Waals surface area contributed by atoms with Crippen LogP contribution in [0.25, 0.3) is 11.4 Å². The normalized spacial score (nSPS) is 20.0. The van der Waals surface area contributed by atoms with Gasteiger partial charge in [0.1, 0.15) is 30.4 Å². The fourth-order valence-electron chi connectivity index (χ4n) is 4.89. The van der Waals surface area contributed by atoms with Gasteiger partial charge in [0.2, 0.25) is 5.95 Å². The highest BCUT2D eigenvalue weighted by Crippen LogP contribution is 2.29. The number of nitrogens with one attached hydrogen (secondary N) is 1. The van der Waals surface area contributed by atoms with E-state index in [-0.39, 0.29) is 30.8 Å². The minimum atomic E-state index is -1.46. The Morgan fingerprint density at radius 3 is 2.78 bits per heavy atom. The molecule has 3 heterocycles. The van der Waals surface area contributed by atoms with Gasteiger partial charge in [-0.3, -0.25) is 4.79 Å². The number of halogens is 1. The van der Waals surface area contributed by atoms with E-state index in [9.17, 15) is 19.6 Å². The zero-order valence-electron chi connectivity index (χ0n) is 22.7. The quantitative estimate of drug-likeness (QED) is 0.443. The van der Waals surface area contributed by atoms with E-state index in [0.29, 0.717) is 17.3 Å². The lowest BCUT2D eigenvalue weighted by molar-refractivity contribution is -0.143. The molecule has 41 heavy (non-hydrogen) atoms. The molecule has 2 aliphatic rings. The monoisotopic (exact) mass is 561 g/mol. The summed E-state index contributed by atoms with van der Waals surface area (Å²) in [7, 11) is 0. The third kappa shape index (κ3) is 6.87. The Bertz CT molecular complexity index is 1390. The smallest absolute Gasteiger partial charge is 0.251 e. The Kier molecular flexibility index (Phi) is 8.86. The number of ether oxygens (including phenoxy) is 2. The second kappa shape index (κ2) is 12.9. The van der Waals surface area contributed by atoms with E-state index >= 15 is 0 Å². The first kappa shape index (κ1) is 28.2. The molecule has 2 saturated heterocycles. The van der Waals surface area contributed by atoms with Crippen LogP contribution in [0.15, 0.2) is 48.8 Å². The topological polar surface area (TPSA) is 137 Å². The van der Waals surface area contributed by atoms with Crippen LogP contribution in [0.4, 0.5) is 21.7 Å². The van der Waals surface area contributed by atoms with Crippen molar-refractivity contribution in [1.82, 2.24) is 19.9 Å². The van der Waals surface area contributed by atoms with Crippen LogP contribution in [0.2, 0.25) is 0 Å². The van der Waals surface area contributed by atoms with E-state index in [2.05, 4.69) is 31.2 Å². The fraction of sp³-hybridized carbons (Fsp3) is 0.414. The molecule has 2 N–H and O–H groups in total. The molecule has 3 atom stereocenters. The number of amides is 1. The van der Waals surface area contributed by atoms with Crippen molar-refractivity contribution in [3.8, 4) is 23.2 Å². The molecule has 12 heteroatoms. The summed E-state index contributed by atoms with van der Waals surface area (Å²) in [6.07, 6.45) is -0.837. The summed E-state index contributed by atoms with van der Waals surface area (Å²) < 4.78 is 26.2. The van der Waals surface area contributed by atoms with Crippen molar-refractivity contribution in [2.45, 2.75) is 38.1 Å². The van der Waals surface area contributed by atoms with Gasteiger partial charge in [-0.1, -0.05) is 0 Å². The highest BCUT2D eigenvalue weighted by molar-refractivity contribution is 5.80. The number of rotatable bonds is 7. The average Bonchev–Trinajstić information content (AvgIpc) is 3.28. The molecule has 0 aliphatic carbocycles. The van der Waals surface area contributed by atoms with E-state index < -0.39 is 24.3 Å². The van der Waals surface area contributed by atoms with Gasteiger partial charge in [0.15, 0.2) is 12.0 Å². The standard InChI is InChI=1S/C29H32FN7O4/c1-19(38)28(39)37-11-9-26(24(30)17-37)41-25-8-3-20(15-21(25)16-31)27-32-18-33-29(35-27)34-22-4-6-23(7-5-22)36-10-2-13-40-14-12-36/h3-8,15,18-19,24,26,38H,2,9-14,17H2,1H3,(H,32,33,34,35)/t19-,24+,26-/m0/s1. The van der Waals surface area contributed by atoms with Crippen molar-refractivity contribution in [1.29, 1.82) is 5.26 Å². The van der Waals surface area contributed by atoms with E-state index in [1.165, 1.54) is 18.2 Å². The van der Waals surface area contributed by atoms with Gasteiger partial charge in [0.25, 0.3) is 5.91 Å². The Morgan fingerprint density at radius 1 is 1.20 bits per heavy atom. The number of anilines is 3. The number of piperidine rings is 1. The highest BCUT2D eigenvalue weighted by Gasteiger charge is 2.34. The van der Waals surface area contributed by atoms with E-state index in [4.69, 9.17) is 9.47 Å². The number of hydrogen-bond donors (Lipinski definition) is 2. The van der Waals surface area contributed by atoms with Gasteiger partial charge in [-0.25, -0.2) is 14.4 Å². The summed E-state index contributed by atoms with van der Waals surface area (Å²) in [5.41, 5.74) is 2.73. The first-order valence-corrected chi connectivity index (χ1v) is 13.6. The lowest BCUT2D eigenvalue weighted by Crippen LogP contribution is -2.51. The SMILES string of the molecule is C[C@H](O)C(=O)N1CC[C@H](Oc2ccc(-c3ncnc(Nc4ccc(N5CCCOCC5)cc4)n3)cc2C#N)[C@H](F)C1. The number of carbonyl (C=O) groups is 1. The van der Waals surface area contributed by atoms with Gasteiger partial charge in [0, 0.05) is 49.6 Å². The maximum Gasteiger partial charge on any atom is 0.251 e. The zero-order valence-corrected chi connectivity index (χ0v) is 22.7. The molecular formula is C29H32FN7O4. The first-order valence-electron chi connectivity index (χ1n) is 13.6. The molecule has 1 amide bonds. The minimum Gasteiger partial charge on any atom is -0.486 e. The van der Waals surface area contributed by atoms with Crippen molar-refractivity contribution in [2.24, 2.45) is 0 Å². The van der Waals surface area contributed by atoms with Crippen molar-refractivity contribution in [2.75, 3.05) is 49.6 Å². The Balaban J connectivity index is 1.25. The molecule has 2 aliphatic heterocycles.